The Morgan fingerprint density at radius 2 is 1.32 bits per heavy atom. The maximum atomic E-state index is 9.16. The van der Waals surface area contributed by atoms with Crippen molar-refractivity contribution in [2.24, 2.45) is 11.8 Å². The first-order valence-electron chi connectivity index (χ1n) is 10.8. The van der Waals surface area contributed by atoms with Gasteiger partial charge in [0.1, 0.15) is 5.54 Å². The molecule has 0 N–H and O–H groups in total. The number of hydrogen-bond donors (Lipinski definition) is 0. The fraction of sp³-hybridized carbons (Fsp3) is 0.214. The molecule has 0 spiro atoms. The Hall–Kier alpha value is -3.64. The molecule has 1 aromatic heterocycles. The minimum atomic E-state index is -0.530. The average molecular weight is 404 g/mol. The van der Waals surface area contributed by atoms with Gasteiger partial charge in [-0.05, 0) is 28.5 Å². The van der Waals surface area contributed by atoms with Crippen LogP contribution in [-0.4, -0.2) is 9.55 Å². The van der Waals surface area contributed by atoms with Crippen LogP contribution in [0.1, 0.15) is 41.6 Å². The molecule has 1 aliphatic rings. The lowest BCUT2D eigenvalue weighted by Gasteiger charge is -2.37. The van der Waals surface area contributed by atoms with Gasteiger partial charge in [-0.1, -0.05) is 97.9 Å². The molecular formula is C28H25N3. The van der Waals surface area contributed by atoms with Crippen LogP contribution in [0.4, 0.5) is 0 Å². The minimum Gasteiger partial charge on any atom is -0.319 e. The molecule has 1 aliphatic carbocycles. The van der Waals surface area contributed by atoms with Gasteiger partial charge in [0, 0.05) is 18.5 Å². The van der Waals surface area contributed by atoms with Crippen molar-refractivity contribution in [1.29, 1.82) is 5.26 Å². The molecule has 3 aromatic carbocycles. The number of hydrogen-bond acceptors (Lipinski definition) is 2. The van der Waals surface area contributed by atoms with Crippen molar-refractivity contribution in [2.45, 2.75) is 24.8 Å². The summed E-state index contributed by atoms with van der Waals surface area (Å²) in [6, 6.07) is 34.2. The number of aromatic nitrogens is 2. The van der Waals surface area contributed by atoms with Crippen molar-refractivity contribution >= 4 is 0 Å². The zero-order chi connectivity index (χ0) is 21.3. The maximum absolute atomic E-state index is 9.16. The van der Waals surface area contributed by atoms with Crippen LogP contribution in [0.5, 0.6) is 0 Å². The Kier molecular flexibility index (Phi) is 4.92. The normalized spacial score (nSPS) is 20.2. The number of rotatable bonds is 6. The number of nitriles is 1. The Labute approximate surface area is 183 Å². The molecule has 0 aliphatic heterocycles. The van der Waals surface area contributed by atoms with Gasteiger partial charge in [0.2, 0.25) is 0 Å². The van der Waals surface area contributed by atoms with E-state index in [1.165, 1.54) is 16.7 Å². The fourth-order valence-electron chi connectivity index (χ4n) is 5.13. The molecule has 1 heterocycles. The third-order valence-electron chi connectivity index (χ3n) is 6.80. The van der Waals surface area contributed by atoms with Gasteiger partial charge in [0.15, 0.2) is 0 Å². The highest BCUT2D eigenvalue weighted by Gasteiger charge is 2.49. The summed E-state index contributed by atoms with van der Waals surface area (Å²) in [6.07, 6.45) is 4.77. The van der Waals surface area contributed by atoms with E-state index in [0.717, 1.165) is 5.69 Å². The monoisotopic (exact) mass is 403 g/mol. The van der Waals surface area contributed by atoms with Crippen LogP contribution in [0.2, 0.25) is 0 Å². The average Bonchev–Trinajstić information content (AvgIpc) is 3.21. The number of imidazole rings is 1. The van der Waals surface area contributed by atoms with Crippen LogP contribution in [0, 0.1) is 23.2 Å². The van der Waals surface area contributed by atoms with Crippen molar-refractivity contribution in [3.63, 3.8) is 0 Å². The number of benzene rings is 3. The third-order valence-corrected chi connectivity index (χ3v) is 6.80. The summed E-state index contributed by atoms with van der Waals surface area (Å²) < 4.78 is 2.26. The molecule has 4 aromatic rings. The molecule has 31 heavy (non-hydrogen) atoms. The first-order chi connectivity index (χ1) is 15.3. The third kappa shape index (κ3) is 3.16. The van der Waals surface area contributed by atoms with Gasteiger partial charge in [0.05, 0.1) is 18.1 Å². The molecule has 0 saturated heterocycles. The highest BCUT2D eigenvalue weighted by molar-refractivity contribution is 5.50. The van der Waals surface area contributed by atoms with E-state index in [1.54, 1.807) is 0 Å². The second-order valence-electron chi connectivity index (χ2n) is 8.43. The summed E-state index contributed by atoms with van der Waals surface area (Å²) in [7, 11) is 0. The van der Waals surface area contributed by atoms with Crippen LogP contribution >= 0.6 is 0 Å². The molecule has 0 radical (unpaired) electrons. The smallest absolute Gasteiger partial charge is 0.121 e. The van der Waals surface area contributed by atoms with E-state index >= 15 is 0 Å². The molecule has 5 rings (SSSR count). The second kappa shape index (κ2) is 7.89. The predicted octanol–water partition coefficient (Wildman–Crippen LogP) is 5.99. The van der Waals surface area contributed by atoms with E-state index in [1.807, 2.05) is 6.33 Å². The van der Waals surface area contributed by atoms with Gasteiger partial charge in [-0.2, -0.15) is 5.26 Å². The summed E-state index contributed by atoms with van der Waals surface area (Å²) in [6.45, 7) is 2.23. The lowest BCUT2D eigenvalue weighted by atomic mass is 9.77. The van der Waals surface area contributed by atoms with Gasteiger partial charge in [-0.25, -0.2) is 4.98 Å². The topological polar surface area (TPSA) is 41.6 Å². The second-order valence-corrected chi connectivity index (χ2v) is 8.43. The van der Waals surface area contributed by atoms with E-state index in [0.29, 0.717) is 24.2 Å². The molecule has 152 valence electrons. The number of nitrogens with zero attached hydrogens (tertiary/aromatic N) is 3. The zero-order valence-corrected chi connectivity index (χ0v) is 17.6. The van der Waals surface area contributed by atoms with Crippen molar-refractivity contribution in [1.82, 2.24) is 9.55 Å². The summed E-state index contributed by atoms with van der Waals surface area (Å²) in [4.78, 5) is 4.86. The molecule has 0 amide bonds. The lowest BCUT2D eigenvalue weighted by molar-refractivity contribution is 0.514. The van der Waals surface area contributed by atoms with E-state index in [2.05, 4.69) is 115 Å². The van der Waals surface area contributed by atoms with Gasteiger partial charge in [-0.15, -0.1) is 0 Å². The molecular weight excluding hydrogens is 378 g/mol. The Morgan fingerprint density at radius 1 is 0.839 bits per heavy atom. The lowest BCUT2D eigenvalue weighted by Crippen LogP contribution is -2.36. The Morgan fingerprint density at radius 3 is 1.77 bits per heavy atom. The molecule has 1 saturated carbocycles. The summed E-state index contributed by atoms with van der Waals surface area (Å²) in [5, 5.41) is 9.16. The van der Waals surface area contributed by atoms with E-state index in [4.69, 9.17) is 10.2 Å². The Bertz CT molecular complexity index is 1090. The molecule has 3 atom stereocenters. The van der Waals surface area contributed by atoms with Crippen molar-refractivity contribution < 1.29 is 0 Å². The highest BCUT2D eigenvalue weighted by Crippen LogP contribution is 2.55. The molecule has 3 unspecified atom stereocenters. The van der Waals surface area contributed by atoms with Crippen LogP contribution in [-0.2, 0) is 5.54 Å². The van der Waals surface area contributed by atoms with Crippen molar-refractivity contribution in [2.75, 3.05) is 0 Å². The van der Waals surface area contributed by atoms with Gasteiger partial charge in [-0.3, -0.25) is 0 Å². The van der Waals surface area contributed by atoms with E-state index in [-0.39, 0.29) is 0 Å². The minimum absolute atomic E-state index is 0.362. The van der Waals surface area contributed by atoms with E-state index < -0.39 is 5.54 Å². The largest absolute Gasteiger partial charge is 0.319 e. The quantitative estimate of drug-likeness (QED) is 0.371. The van der Waals surface area contributed by atoms with Crippen molar-refractivity contribution in [3.05, 3.63) is 126 Å². The molecule has 3 nitrogen and oxygen atoms in total. The Balaban J connectivity index is 1.73. The van der Waals surface area contributed by atoms with Gasteiger partial charge in [0.25, 0.3) is 0 Å². The standard InChI is InChI=1S/C28H25N3/c1-21-25(17-18-29)27(21)26-19-31(20-30-26)28(22-11-5-2-6-12-22,23-13-7-3-8-14-23)24-15-9-4-10-16-24/h2-16,19-21,25,27H,17H2,1H3. The van der Waals surface area contributed by atoms with Crippen LogP contribution in [0.3, 0.4) is 0 Å². The van der Waals surface area contributed by atoms with Gasteiger partial charge < -0.3 is 4.57 Å². The summed E-state index contributed by atoms with van der Waals surface area (Å²) >= 11 is 0. The summed E-state index contributed by atoms with van der Waals surface area (Å²) in [5.41, 5.74) is 4.12. The van der Waals surface area contributed by atoms with Gasteiger partial charge >= 0.3 is 0 Å². The fourth-order valence-corrected chi connectivity index (χ4v) is 5.13. The first kappa shape index (κ1) is 19.3. The summed E-state index contributed by atoms with van der Waals surface area (Å²) in [5.74, 6) is 1.27. The molecule has 1 fully saturated rings. The van der Waals surface area contributed by atoms with E-state index in [9.17, 15) is 0 Å². The van der Waals surface area contributed by atoms with Crippen LogP contribution in [0.25, 0.3) is 0 Å². The SMILES string of the molecule is CC1C(CC#N)C1c1cn(C(c2ccccc2)(c2ccccc2)c2ccccc2)cn1. The zero-order valence-electron chi connectivity index (χ0n) is 17.6. The maximum Gasteiger partial charge on any atom is 0.121 e. The van der Waals surface area contributed by atoms with Crippen LogP contribution < -0.4 is 0 Å². The highest BCUT2D eigenvalue weighted by atomic mass is 15.1. The predicted molar refractivity (Wildman–Crippen MR) is 122 cm³/mol. The molecule has 0 bridgehead atoms. The first-order valence-corrected chi connectivity index (χ1v) is 10.8. The van der Waals surface area contributed by atoms with Crippen molar-refractivity contribution in [3.8, 4) is 6.07 Å². The van der Waals surface area contributed by atoms with Crippen LogP contribution in [0.15, 0.2) is 104 Å². The molecule has 3 heteroatoms.